The average Bonchev–Trinajstić information content (AvgIpc) is 2.42. The lowest BCUT2D eigenvalue weighted by atomic mass is 10.1. The lowest BCUT2D eigenvalue weighted by molar-refractivity contribution is 0.102. The number of benzene rings is 2. The fourth-order valence-corrected chi connectivity index (χ4v) is 2.14. The number of carbonyl (C=O) groups is 1. The van der Waals surface area contributed by atoms with Crippen molar-refractivity contribution < 1.29 is 4.79 Å². The van der Waals surface area contributed by atoms with Crippen LogP contribution in [0.3, 0.4) is 0 Å². The Morgan fingerprint density at radius 3 is 2.53 bits per heavy atom. The number of hydrogen-bond acceptors (Lipinski definition) is 2. The Bertz CT molecular complexity index is 591. The van der Waals surface area contributed by atoms with E-state index in [4.69, 9.17) is 11.6 Å². The Labute approximate surface area is 117 Å². The maximum Gasteiger partial charge on any atom is 0.257 e. The van der Waals surface area contributed by atoms with Gasteiger partial charge in [0.15, 0.2) is 0 Å². The highest BCUT2D eigenvalue weighted by Gasteiger charge is 2.13. The fraction of sp³-hybridized carbons (Fsp3) is 0.133. The summed E-state index contributed by atoms with van der Waals surface area (Å²) in [6.07, 6.45) is 0. The topological polar surface area (TPSA) is 41.1 Å². The minimum atomic E-state index is -0.179. The lowest BCUT2D eigenvalue weighted by Crippen LogP contribution is -2.15. The first kappa shape index (κ1) is 13.4. The molecule has 0 aromatic heterocycles. The molecule has 0 unspecified atom stereocenters. The van der Waals surface area contributed by atoms with Gasteiger partial charge in [-0.3, -0.25) is 4.79 Å². The Balaban J connectivity index is 2.31. The van der Waals surface area contributed by atoms with E-state index in [0.29, 0.717) is 16.3 Å². The van der Waals surface area contributed by atoms with Crippen LogP contribution in [0.1, 0.15) is 15.9 Å². The van der Waals surface area contributed by atoms with Crippen LogP contribution >= 0.6 is 11.6 Å². The predicted molar refractivity (Wildman–Crippen MR) is 80.1 cm³/mol. The van der Waals surface area contributed by atoms with E-state index in [0.717, 1.165) is 11.3 Å². The molecule has 0 aliphatic heterocycles. The first-order valence-electron chi connectivity index (χ1n) is 5.96. The van der Waals surface area contributed by atoms with E-state index in [9.17, 15) is 4.79 Å². The molecular weight excluding hydrogens is 260 g/mol. The van der Waals surface area contributed by atoms with E-state index in [-0.39, 0.29) is 5.91 Å². The van der Waals surface area contributed by atoms with E-state index in [1.807, 2.05) is 37.3 Å². The second kappa shape index (κ2) is 5.76. The van der Waals surface area contributed by atoms with Crippen molar-refractivity contribution in [2.24, 2.45) is 0 Å². The van der Waals surface area contributed by atoms with Crippen molar-refractivity contribution in [1.82, 2.24) is 0 Å². The molecule has 0 fully saturated rings. The molecule has 2 aromatic carbocycles. The molecule has 0 aliphatic rings. The summed E-state index contributed by atoms with van der Waals surface area (Å²) in [5.74, 6) is -0.179. The van der Waals surface area contributed by atoms with Gasteiger partial charge in [-0.2, -0.15) is 0 Å². The van der Waals surface area contributed by atoms with Gasteiger partial charge in [-0.05, 0) is 30.7 Å². The van der Waals surface area contributed by atoms with Crippen LogP contribution in [0.5, 0.6) is 0 Å². The molecule has 0 aliphatic carbocycles. The zero-order valence-corrected chi connectivity index (χ0v) is 11.6. The number of para-hydroxylation sites is 2. The second-order valence-corrected chi connectivity index (χ2v) is 4.59. The number of amides is 1. The van der Waals surface area contributed by atoms with Gasteiger partial charge in [-0.1, -0.05) is 35.9 Å². The first-order valence-corrected chi connectivity index (χ1v) is 6.34. The molecule has 0 saturated carbocycles. The smallest absolute Gasteiger partial charge is 0.257 e. The summed E-state index contributed by atoms with van der Waals surface area (Å²) in [6, 6.07) is 12.9. The van der Waals surface area contributed by atoms with Crippen LogP contribution in [-0.4, -0.2) is 13.0 Å². The predicted octanol–water partition coefficient (Wildman–Crippen LogP) is 3.94. The normalized spacial score (nSPS) is 10.1. The minimum absolute atomic E-state index is 0.179. The van der Waals surface area contributed by atoms with Crippen molar-refractivity contribution in [2.75, 3.05) is 17.7 Å². The van der Waals surface area contributed by atoms with Gasteiger partial charge in [0.2, 0.25) is 0 Å². The first-order chi connectivity index (χ1) is 9.13. The number of aryl methyl sites for hydroxylation is 1. The molecule has 0 heterocycles. The monoisotopic (exact) mass is 274 g/mol. The van der Waals surface area contributed by atoms with E-state index in [1.54, 1.807) is 19.2 Å². The SMILES string of the molecule is CNc1ccccc1C(=O)Nc1c(C)cccc1Cl. The third-order valence-corrected chi connectivity index (χ3v) is 3.22. The molecule has 0 radical (unpaired) electrons. The van der Waals surface area contributed by atoms with Crippen molar-refractivity contribution >= 4 is 28.9 Å². The molecule has 98 valence electrons. The Morgan fingerprint density at radius 2 is 1.84 bits per heavy atom. The van der Waals surface area contributed by atoms with E-state index < -0.39 is 0 Å². The van der Waals surface area contributed by atoms with Crippen LogP contribution in [0.15, 0.2) is 42.5 Å². The summed E-state index contributed by atoms with van der Waals surface area (Å²) < 4.78 is 0. The summed E-state index contributed by atoms with van der Waals surface area (Å²) in [5, 5.41) is 6.39. The number of carbonyl (C=O) groups excluding carboxylic acids is 1. The molecule has 1 amide bonds. The van der Waals surface area contributed by atoms with E-state index in [2.05, 4.69) is 10.6 Å². The second-order valence-electron chi connectivity index (χ2n) is 4.18. The molecule has 2 N–H and O–H groups in total. The number of anilines is 2. The Hall–Kier alpha value is -2.00. The van der Waals surface area contributed by atoms with Gasteiger partial charge in [-0.25, -0.2) is 0 Å². The summed E-state index contributed by atoms with van der Waals surface area (Å²) in [6.45, 7) is 1.91. The maximum atomic E-state index is 12.3. The average molecular weight is 275 g/mol. The molecule has 2 aromatic rings. The molecule has 0 saturated heterocycles. The van der Waals surface area contributed by atoms with Crippen molar-refractivity contribution in [3.63, 3.8) is 0 Å². The zero-order chi connectivity index (χ0) is 13.8. The lowest BCUT2D eigenvalue weighted by Gasteiger charge is -2.12. The Morgan fingerprint density at radius 1 is 1.11 bits per heavy atom. The third kappa shape index (κ3) is 2.88. The summed E-state index contributed by atoms with van der Waals surface area (Å²) in [7, 11) is 1.78. The Kier molecular flexibility index (Phi) is 4.07. The van der Waals surface area contributed by atoms with Crippen LogP contribution in [0.4, 0.5) is 11.4 Å². The van der Waals surface area contributed by atoms with Crippen LogP contribution in [0.2, 0.25) is 5.02 Å². The molecule has 2 rings (SSSR count). The molecule has 0 bridgehead atoms. The third-order valence-electron chi connectivity index (χ3n) is 2.90. The standard InChI is InChI=1S/C15H15ClN2O/c1-10-6-5-8-12(16)14(10)18-15(19)11-7-3-4-9-13(11)17-2/h3-9,17H,1-2H3,(H,18,19). The van der Waals surface area contributed by atoms with Gasteiger partial charge in [0.25, 0.3) is 5.91 Å². The number of nitrogens with one attached hydrogen (secondary N) is 2. The van der Waals surface area contributed by atoms with E-state index >= 15 is 0 Å². The largest absolute Gasteiger partial charge is 0.387 e. The van der Waals surface area contributed by atoms with Crippen molar-refractivity contribution in [1.29, 1.82) is 0 Å². The van der Waals surface area contributed by atoms with Gasteiger partial charge in [0, 0.05) is 12.7 Å². The summed E-state index contributed by atoms with van der Waals surface area (Å²) >= 11 is 6.10. The van der Waals surface area contributed by atoms with Crippen molar-refractivity contribution in [2.45, 2.75) is 6.92 Å². The van der Waals surface area contributed by atoms with Crippen LogP contribution in [0.25, 0.3) is 0 Å². The highest BCUT2D eigenvalue weighted by molar-refractivity contribution is 6.34. The van der Waals surface area contributed by atoms with Gasteiger partial charge in [-0.15, -0.1) is 0 Å². The quantitative estimate of drug-likeness (QED) is 0.890. The molecule has 19 heavy (non-hydrogen) atoms. The molecule has 0 spiro atoms. The number of rotatable bonds is 3. The summed E-state index contributed by atoms with van der Waals surface area (Å²) in [5.41, 5.74) is 2.96. The van der Waals surface area contributed by atoms with Crippen LogP contribution in [-0.2, 0) is 0 Å². The van der Waals surface area contributed by atoms with Gasteiger partial charge in [0.1, 0.15) is 0 Å². The minimum Gasteiger partial charge on any atom is -0.387 e. The van der Waals surface area contributed by atoms with Gasteiger partial charge in [0.05, 0.1) is 16.3 Å². The molecule has 0 atom stereocenters. The highest BCUT2D eigenvalue weighted by Crippen LogP contribution is 2.26. The van der Waals surface area contributed by atoms with Crippen molar-refractivity contribution in [3.05, 3.63) is 58.6 Å². The maximum absolute atomic E-state index is 12.3. The van der Waals surface area contributed by atoms with Crippen LogP contribution in [0, 0.1) is 6.92 Å². The highest BCUT2D eigenvalue weighted by atomic mass is 35.5. The van der Waals surface area contributed by atoms with Crippen molar-refractivity contribution in [3.8, 4) is 0 Å². The number of halogens is 1. The van der Waals surface area contributed by atoms with E-state index in [1.165, 1.54) is 0 Å². The molecular formula is C15H15ClN2O. The van der Waals surface area contributed by atoms with Gasteiger partial charge >= 0.3 is 0 Å². The molecule has 4 heteroatoms. The molecule has 3 nitrogen and oxygen atoms in total. The zero-order valence-electron chi connectivity index (χ0n) is 10.8. The fourth-order valence-electron chi connectivity index (χ4n) is 1.87. The number of hydrogen-bond donors (Lipinski definition) is 2. The van der Waals surface area contributed by atoms with Crippen LogP contribution < -0.4 is 10.6 Å². The van der Waals surface area contributed by atoms with Gasteiger partial charge < -0.3 is 10.6 Å². The summed E-state index contributed by atoms with van der Waals surface area (Å²) in [4.78, 5) is 12.3.